The number of hydrogen-bond donors (Lipinski definition) is 1. The first-order valence-electron chi connectivity index (χ1n) is 5.82. The Bertz CT molecular complexity index is 631. The summed E-state index contributed by atoms with van der Waals surface area (Å²) in [4.78, 5) is 0. The minimum atomic E-state index is 0.691. The van der Waals surface area contributed by atoms with Gasteiger partial charge in [0.15, 0.2) is 0 Å². The first kappa shape index (κ1) is 12.5. The summed E-state index contributed by atoms with van der Waals surface area (Å²) in [5, 5.41) is 10.3. The zero-order valence-corrected chi connectivity index (χ0v) is 12.3. The second-order valence-electron chi connectivity index (χ2n) is 4.28. The average molecular weight is 337 g/mol. The number of nitrogens with one attached hydrogen (secondary N) is 1. The number of dihydropyridines is 1. The summed E-state index contributed by atoms with van der Waals surface area (Å²) >= 11 is 9.42. The molecule has 2 aliphatic heterocycles. The van der Waals surface area contributed by atoms with Crippen LogP contribution in [0.15, 0.2) is 63.6 Å². The van der Waals surface area contributed by atoms with Crippen LogP contribution >= 0.6 is 27.5 Å². The van der Waals surface area contributed by atoms with E-state index in [1.165, 1.54) is 0 Å². The summed E-state index contributed by atoms with van der Waals surface area (Å²) in [6.45, 7) is 0.691. The van der Waals surface area contributed by atoms with Crippen LogP contribution in [0.5, 0.6) is 0 Å². The molecule has 2 heterocycles. The summed E-state index contributed by atoms with van der Waals surface area (Å²) in [7, 11) is 0. The van der Waals surface area contributed by atoms with Crippen LogP contribution in [0, 0.1) is 0 Å². The molecule has 0 radical (unpaired) electrons. The van der Waals surface area contributed by atoms with Crippen molar-refractivity contribution in [2.45, 2.75) is 6.54 Å². The lowest BCUT2D eigenvalue weighted by Gasteiger charge is -2.24. The molecule has 0 aliphatic carbocycles. The molecule has 0 fully saturated rings. The van der Waals surface area contributed by atoms with Crippen molar-refractivity contribution < 1.29 is 0 Å². The molecule has 2 aliphatic rings. The maximum atomic E-state index is 5.98. The van der Waals surface area contributed by atoms with Gasteiger partial charge in [0.1, 0.15) is 0 Å². The first-order valence-corrected chi connectivity index (χ1v) is 6.99. The topological polar surface area (TPSA) is 27.6 Å². The lowest BCUT2D eigenvalue weighted by Crippen LogP contribution is -2.23. The van der Waals surface area contributed by atoms with Crippen molar-refractivity contribution in [3.05, 3.63) is 69.1 Å². The summed E-state index contributed by atoms with van der Waals surface area (Å²) in [5.74, 6) is 0. The number of benzene rings is 1. The van der Waals surface area contributed by atoms with Crippen molar-refractivity contribution >= 4 is 33.7 Å². The van der Waals surface area contributed by atoms with Crippen LogP contribution in [0.25, 0.3) is 0 Å². The van der Waals surface area contributed by atoms with Gasteiger partial charge in [-0.25, -0.2) is 0 Å². The molecule has 0 unspecified atom stereocenters. The Kier molecular flexibility index (Phi) is 3.44. The predicted molar refractivity (Wildman–Crippen MR) is 81.8 cm³/mol. The fourth-order valence-corrected chi connectivity index (χ4v) is 2.50. The van der Waals surface area contributed by atoms with Gasteiger partial charge in [-0.15, -0.1) is 0 Å². The van der Waals surface area contributed by atoms with Crippen molar-refractivity contribution in [1.82, 2.24) is 10.3 Å². The van der Waals surface area contributed by atoms with Crippen molar-refractivity contribution in [1.29, 1.82) is 0 Å². The van der Waals surface area contributed by atoms with Crippen molar-refractivity contribution in [3.63, 3.8) is 0 Å². The van der Waals surface area contributed by atoms with Crippen LogP contribution in [-0.4, -0.2) is 11.2 Å². The van der Waals surface area contributed by atoms with Gasteiger partial charge in [0, 0.05) is 16.8 Å². The molecule has 0 aromatic heterocycles. The minimum Gasteiger partial charge on any atom is -0.348 e. The van der Waals surface area contributed by atoms with Crippen LogP contribution in [0.1, 0.15) is 5.56 Å². The highest BCUT2D eigenvalue weighted by molar-refractivity contribution is 9.11. The largest absolute Gasteiger partial charge is 0.348 e. The Balaban J connectivity index is 1.79. The van der Waals surface area contributed by atoms with Crippen LogP contribution < -0.4 is 5.32 Å². The van der Waals surface area contributed by atoms with Gasteiger partial charge in [0.05, 0.1) is 23.1 Å². The van der Waals surface area contributed by atoms with Gasteiger partial charge in [-0.3, -0.25) is 5.01 Å². The van der Waals surface area contributed by atoms with E-state index >= 15 is 0 Å². The average Bonchev–Trinajstić information content (AvgIpc) is 2.38. The van der Waals surface area contributed by atoms with Gasteiger partial charge in [-0.2, -0.15) is 5.10 Å². The molecule has 96 valence electrons. The zero-order valence-electron chi connectivity index (χ0n) is 9.98. The van der Waals surface area contributed by atoms with Gasteiger partial charge in [-0.05, 0) is 45.8 Å². The van der Waals surface area contributed by atoms with E-state index in [2.05, 4.69) is 26.3 Å². The third-order valence-corrected chi connectivity index (χ3v) is 3.53. The Morgan fingerprint density at radius 3 is 3.05 bits per heavy atom. The lowest BCUT2D eigenvalue weighted by molar-refractivity contribution is 0.386. The first-order chi connectivity index (χ1) is 9.20. The molecule has 0 saturated heterocycles. The normalized spacial score (nSPS) is 17.2. The third kappa shape index (κ3) is 2.91. The van der Waals surface area contributed by atoms with Crippen molar-refractivity contribution in [2.24, 2.45) is 5.10 Å². The molecule has 3 nitrogen and oxygen atoms in total. The van der Waals surface area contributed by atoms with E-state index < -0.39 is 0 Å². The lowest BCUT2D eigenvalue weighted by atomic mass is 10.1. The van der Waals surface area contributed by atoms with Gasteiger partial charge in [0.2, 0.25) is 0 Å². The van der Waals surface area contributed by atoms with E-state index in [4.69, 9.17) is 11.6 Å². The molecular formula is C14H11BrClN3. The molecule has 0 saturated carbocycles. The maximum Gasteiger partial charge on any atom is 0.0824 e. The number of halogens is 2. The molecule has 0 atom stereocenters. The molecular weight excluding hydrogens is 326 g/mol. The maximum absolute atomic E-state index is 5.98. The van der Waals surface area contributed by atoms with Gasteiger partial charge in [0.25, 0.3) is 0 Å². The molecule has 19 heavy (non-hydrogen) atoms. The molecule has 0 spiro atoms. The van der Waals surface area contributed by atoms with E-state index in [0.29, 0.717) is 6.54 Å². The summed E-state index contributed by atoms with van der Waals surface area (Å²) in [6, 6.07) is 7.80. The number of fused-ring (bicyclic) bond motifs is 1. The molecule has 1 aromatic rings. The molecule has 3 rings (SSSR count). The van der Waals surface area contributed by atoms with Crippen LogP contribution in [0.2, 0.25) is 5.02 Å². The number of allylic oxidation sites excluding steroid dienone is 3. The molecule has 0 amide bonds. The molecule has 0 bridgehead atoms. The second kappa shape index (κ2) is 5.23. The Labute approximate surface area is 125 Å². The van der Waals surface area contributed by atoms with Crippen LogP contribution in [-0.2, 0) is 6.54 Å². The SMILES string of the molecule is Clc1cccc(CN2C=C3NC(Br)=CC=C3C=N2)c1. The predicted octanol–water partition coefficient (Wildman–Crippen LogP) is 3.75. The van der Waals surface area contributed by atoms with E-state index in [-0.39, 0.29) is 0 Å². The fraction of sp³-hybridized carbons (Fsp3) is 0.0714. The quantitative estimate of drug-likeness (QED) is 0.833. The summed E-state index contributed by atoms with van der Waals surface area (Å²) in [5.41, 5.74) is 3.23. The molecule has 1 N–H and O–H groups in total. The van der Waals surface area contributed by atoms with Crippen LogP contribution in [0.3, 0.4) is 0 Å². The van der Waals surface area contributed by atoms with Crippen molar-refractivity contribution in [3.8, 4) is 0 Å². The van der Waals surface area contributed by atoms with E-state index in [9.17, 15) is 0 Å². The molecule has 5 heteroatoms. The number of rotatable bonds is 2. The van der Waals surface area contributed by atoms with E-state index in [1.807, 2.05) is 53.8 Å². The Hall–Kier alpha value is -1.52. The van der Waals surface area contributed by atoms with Gasteiger partial charge >= 0.3 is 0 Å². The highest BCUT2D eigenvalue weighted by Crippen LogP contribution is 2.22. The highest BCUT2D eigenvalue weighted by Gasteiger charge is 2.14. The van der Waals surface area contributed by atoms with Gasteiger partial charge in [-0.1, -0.05) is 23.7 Å². The zero-order chi connectivity index (χ0) is 13.2. The monoisotopic (exact) mass is 335 g/mol. The number of hydrogen-bond acceptors (Lipinski definition) is 3. The van der Waals surface area contributed by atoms with Crippen LogP contribution in [0.4, 0.5) is 0 Å². The van der Waals surface area contributed by atoms with Crippen molar-refractivity contribution in [2.75, 3.05) is 0 Å². The van der Waals surface area contributed by atoms with E-state index in [0.717, 1.165) is 26.5 Å². The van der Waals surface area contributed by atoms with E-state index in [1.54, 1.807) is 0 Å². The summed E-state index contributed by atoms with van der Waals surface area (Å²) in [6.07, 6.45) is 7.82. The number of hydrazone groups is 1. The van der Waals surface area contributed by atoms with Gasteiger partial charge < -0.3 is 5.32 Å². The highest BCUT2D eigenvalue weighted by atomic mass is 79.9. The minimum absolute atomic E-state index is 0.691. The smallest absolute Gasteiger partial charge is 0.0824 e. The fourth-order valence-electron chi connectivity index (χ4n) is 1.94. The number of nitrogens with zero attached hydrogens (tertiary/aromatic N) is 2. The Morgan fingerprint density at radius 2 is 2.21 bits per heavy atom. The molecule has 1 aromatic carbocycles. The third-order valence-electron chi connectivity index (χ3n) is 2.83. The second-order valence-corrected chi connectivity index (χ2v) is 5.57. The standard InChI is InChI=1S/C14H11BrClN3/c15-14-5-4-11-7-17-19(9-13(11)18-14)8-10-2-1-3-12(16)6-10/h1-7,9,18H,8H2. The summed E-state index contributed by atoms with van der Waals surface area (Å²) < 4.78 is 0.945. The Morgan fingerprint density at radius 1 is 1.32 bits per heavy atom.